The van der Waals surface area contributed by atoms with Crippen LogP contribution in [-0.4, -0.2) is 22.8 Å². The SMILES string of the molecule is O=C1CC(CBr)CN1c1cccc(C=Cc2ccccn2)c1. The van der Waals surface area contributed by atoms with Gasteiger partial charge in [0.25, 0.3) is 0 Å². The lowest BCUT2D eigenvalue weighted by Crippen LogP contribution is -2.24. The molecule has 22 heavy (non-hydrogen) atoms. The Hall–Kier alpha value is -1.94. The summed E-state index contributed by atoms with van der Waals surface area (Å²) < 4.78 is 0. The molecule has 1 aromatic carbocycles. The Morgan fingerprint density at radius 3 is 2.86 bits per heavy atom. The number of hydrogen-bond acceptors (Lipinski definition) is 2. The molecule has 3 rings (SSSR count). The van der Waals surface area contributed by atoms with E-state index in [4.69, 9.17) is 0 Å². The van der Waals surface area contributed by atoms with Crippen molar-refractivity contribution in [1.29, 1.82) is 0 Å². The van der Waals surface area contributed by atoms with Crippen LogP contribution in [0.15, 0.2) is 48.7 Å². The fourth-order valence-electron chi connectivity index (χ4n) is 2.59. The zero-order valence-electron chi connectivity index (χ0n) is 12.2. The third-order valence-corrected chi connectivity index (χ3v) is 4.66. The topological polar surface area (TPSA) is 33.2 Å². The summed E-state index contributed by atoms with van der Waals surface area (Å²) in [6, 6.07) is 13.9. The molecule has 0 saturated carbocycles. The number of benzene rings is 1. The Balaban J connectivity index is 1.78. The first-order valence-corrected chi connectivity index (χ1v) is 8.44. The Bertz CT molecular complexity index is 684. The summed E-state index contributed by atoms with van der Waals surface area (Å²) in [5.41, 5.74) is 2.96. The van der Waals surface area contributed by atoms with E-state index in [2.05, 4.69) is 20.9 Å². The van der Waals surface area contributed by atoms with E-state index in [1.165, 1.54) is 0 Å². The third-order valence-electron chi connectivity index (χ3n) is 3.74. The van der Waals surface area contributed by atoms with Crippen molar-refractivity contribution in [2.45, 2.75) is 6.42 Å². The molecule has 1 fully saturated rings. The number of alkyl halides is 1. The average molecular weight is 357 g/mol. The summed E-state index contributed by atoms with van der Waals surface area (Å²) >= 11 is 3.47. The average Bonchev–Trinajstić information content (AvgIpc) is 2.95. The minimum atomic E-state index is 0.204. The summed E-state index contributed by atoms with van der Waals surface area (Å²) in [5, 5.41) is 0.870. The number of amides is 1. The van der Waals surface area contributed by atoms with Gasteiger partial charge in [-0.25, -0.2) is 0 Å². The van der Waals surface area contributed by atoms with E-state index in [0.717, 1.165) is 28.8 Å². The predicted octanol–water partition coefficient (Wildman–Crippen LogP) is 4.00. The van der Waals surface area contributed by atoms with Gasteiger partial charge in [0.05, 0.1) is 5.69 Å². The molecule has 1 aromatic heterocycles. The van der Waals surface area contributed by atoms with E-state index in [1.807, 2.05) is 59.5 Å². The largest absolute Gasteiger partial charge is 0.312 e. The highest BCUT2D eigenvalue weighted by molar-refractivity contribution is 9.09. The predicted molar refractivity (Wildman–Crippen MR) is 93.9 cm³/mol. The van der Waals surface area contributed by atoms with Gasteiger partial charge in [-0.05, 0) is 41.8 Å². The molecule has 0 radical (unpaired) electrons. The molecule has 1 atom stereocenters. The lowest BCUT2D eigenvalue weighted by molar-refractivity contribution is -0.117. The van der Waals surface area contributed by atoms with Crippen molar-refractivity contribution in [2.24, 2.45) is 5.92 Å². The fourth-order valence-corrected chi connectivity index (χ4v) is 3.02. The molecule has 0 spiro atoms. The van der Waals surface area contributed by atoms with E-state index in [-0.39, 0.29) is 5.91 Å². The van der Waals surface area contributed by atoms with E-state index in [9.17, 15) is 4.79 Å². The molecule has 0 bridgehead atoms. The highest BCUT2D eigenvalue weighted by Crippen LogP contribution is 2.27. The molecule has 1 unspecified atom stereocenters. The summed E-state index contributed by atoms with van der Waals surface area (Å²) in [6.07, 6.45) is 6.40. The quantitative estimate of drug-likeness (QED) is 0.775. The van der Waals surface area contributed by atoms with Crippen LogP contribution in [0.2, 0.25) is 0 Å². The van der Waals surface area contributed by atoms with Gasteiger partial charge in [0.2, 0.25) is 5.91 Å². The van der Waals surface area contributed by atoms with E-state index in [1.54, 1.807) is 6.20 Å². The molecule has 1 aliphatic heterocycles. The number of aromatic nitrogens is 1. The van der Waals surface area contributed by atoms with Crippen LogP contribution >= 0.6 is 15.9 Å². The number of halogens is 1. The van der Waals surface area contributed by atoms with Crippen LogP contribution in [0.25, 0.3) is 12.2 Å². The number of carbonyl (C=O) groups excluding carboxylic acids is 1. The maximum atomic E-state index is 12.1. The number of carbonyl (C=O) groups is 1. The Labute approximate surface area is 138 Å². The van der Waals surface area contributed by atoms with Crippen LogP contribution in [0.5, 0.6) is 0 Å². The highest BCUT2D eigenvalue weighted by Gasteiger charge is 2.29. The monoisotopic (exact) mass is 356 g/mol. The minimum Gasteiger partial charge on any atom is -0.312 e. The first-order chi connectivity index (χ1) is 10.8. The van der Waals surface area contributed by atoms with Gasteiger partial charge in [0.15, 0.2) is 0 Å². The Morgan fingerprint density at radius 2 is 2.14 bits per heavy atom. The molecule has 2 aromatic rings. The van der Waals surface area contributed by atoms with Crippen LogP contribution in [0, 0.1) is 5.92 Å². The van der Waals surface area contributed by atoms with Crippen LogP contribution in [0.4, 0.5) is 5.69 Å². The number of hydrogen-bond donors (Lipinski definition) is 0. The minimum absolute atomic E-state index is 0.204. The van der Waals surface area contributed by atoms with Gasteiger partial charge < -0.3 is 4.90 Å². The molecular weight excluding hydrogens is 340 g/mol. The molecular formula is C18H17BrN2O. The van der Waals surface area contributed by atoms with E-state index < -0.39 is 0 Å². The molecule has 0 aliphatic carbocycles. The molecule has 0 N–H and O–H groups in total. The third kappa shape index (κ3) is 3.45. The lowest BCUT2D eigenvalue weighted by Gasteiger charge is -2.16. The standard InChI is InChI=1S/C18H17BrN2O/c19-12-15-11-18(22)21(13-15)17-6-3-4-14(10-17)7-8-16-5-1-2-9-20-16/h1-10,15H,11-13H2. The van der Waals surface area contributed by atoms with Crippen LogP contribution in [0.3, 0.4) is 0 Å². The van der Waals surface area contributed by atoms with Crippen molar-refractivity contribution in [2.75, 3.05) is 16.8 Å². The molecule has 1 saturated heterocycles. The van der Waals surface area contributed by atoms with E-state index in [0.29, 0.717) is 12.3 Å². The van der Waals surface area contributed by atoms with Crippen LogP contribution < -0.4 is 4.90 Å². The van der Waals surface area contributed by atoms with Gasteiger partial charge in [-0.2, -0.15) is 0 Å². The van der Waals surface area contributed by atoms with Crippen molar-refractivity contribution < 1.29 is 4.79 Å². The molecule has 112 valence electrons. The number of anilines is 1. The van der Waals surface area contributed by atoms with E-state index >= 15 is 0 Å². The zero-order chi connectivity index (χ0) is 15.4. The van der Waals surface area contributed by atoms with Crippen molar-refractivity contribution in [3.63, 3.8) is 0 Å². The van der Waals surface area contributed by atoms with Gasteiger partial charge in [-0.1, -0.05) is 40.2 Å². The van der Waals surface area contributed by atoms with Gasteiger partial charge in [-0.15, -0.1) is 0 Å². The normalized spacial score (nSPS) is 18.3. The van der Waals surface area contributed by atoms with Crippen LogP contribution in [0.1, 0.15) is 17.7 Å². The second kappa shape index (κ2) is 6.88. The summed E-state index contributed by atoms with van der Waals surface area (Å²) in [5.74, 6) is 0.607. The van der Waals surface area contributed by atoms with Crippen molar-refractivity contribution in [3.05, 3.63) is 59.9 Å². The summed E-state index contributed by atoms with van der Waals surface area (Å²) in [6.45, 7) is 0.789. The molecule has 3 nitrogen and oxygen atoms in total. The first-order valence-electron chi connectivity index (χ1n) is 7.32. The first kappa shape index (κ1) is 15.0. The number of pyridine rings is 1. The van der Waals surface area contributed by atoms with Crippen molar-refractivity contribution in [3.8, 4) is 0 Å². The second-order valence-corrected chi connectivity index (χ2v) is 6.06. The summed E-state index contributed by atoms with van der Waals surface area (Å²) in [7, 11) is 0. The maximum absolute atomic E-state index is 12.1. The Kier molecular flexibility index (Phi) is 4.68. The van der Waals surface area contributed by atoms with Crippen molar-refractivity contribution >= 4 is 39.7 Å². The smallest absolute Gasteiger partial charge is 0.227 e. The highest BCUT2D eigenvalue weighted by atomic mass is 79.9. The Morgan fingerprint density at radius 1 is 1.23 bits per heavy atom. The maximum Gasteiger partial charge on any atom is 0.227 e. The van der Waals surface area contributed by atoms with Gasteiger partial charge >= 0.3 is 0 Å². The molecule has 4 heteroatoms. The van der Waals surface area contributed by atoms with Crippen molar-refractivity contribution in [1.82, 2.24) is 4.98 Å². The van der Waals surface area contributed by atoms with Gasteiger partial charge in [0.1, 0.15) is 0 Å². The van der Waals surface area contributed by atoms with Gasteiger partial charge in [-0.3, -0.25) is 9.78 Å². The zero-order valence-corrected chi connectivity index (χ0v) is 13.7. The summed E-state index contributed by atoms with van der Waals surface area (Å²) in [4.78, 5) is 18.3. The van der Waals surface area contributed by atoms with Gasteiger partial charge in [0, 0.05) is 30.2 Å². The molecule has 1 amide bonds. The number of nitrogens with zero attached hydrogens (tertiary/aromatic N) is 2. The molecule has 1 aliphatic rings. The molecule has 2 heterocycles. The fraction of sp³-hybridized carbons (Fsp3) is 0.222. The van der Waals surface area contributed by atoms with Crippen LogP contribution in [-0.2, 0) is 4.79 Å². The second-order valence-electron chi connectivity index (χ2n) is 5.41. The lowest BCUT2D eigenvalue weighted by atomic mass is 10.1. The number of rotatable bonds is 4.